The molecular weight excluding hydrogens is 328 g/mol. The van der Waals surface area contributed by atoms with Gasteiger partial charge in [0.05, 0.1) is 23.6 Å². The van der Waals surface area contributed by atoms with Crippen LogP contribution >= 0.6 is 0 Å². The molecule has 134 valence electrons. The van der Waals surface area contributed by atoms with Crippen molar-refractivity contribution in [1.29, 1.82) is 0 Å². The monoisotopic (exact) mass is 354 g/mol. The van der Waals surface area contributed by atoms with E-state index in [-0.39, 0.29) is 17.0 Å². The summed E-state index contributed by atoms with van der Waals surface area (Å²) in [6.45, 7) is 7.51. The van der Waals surface area contributed by atoms with E-state index in [1.54, 1.807) is 20.0 Å². The second kappa shape index (κ2) is 6.71. The van der Waals surface area contributed by atoms with E-state index >= 15 is 0 Å². The maximum Gasteiger partial charge on any atom is 0.216 e. The molecule has 1 aromatic heterocycles. The highest BCUT2D eigenvalue weighted by atomic mass is 32.2. The van der Waals surface area contributed by atoms with Crippen LogP contribution in [0.3, 0.4) is 0 Å². The van der Waals surface area contributed by atoms with Crippen LogP contribution in [0.4, 0.5) is 0 Å². The summed E-state index contributed by atoms with van der Waals surface area (Å²) in [4.78, 5) is 4.14. The highest BCUT2D eigenvalue weighted by Crippen LogP contribution is 2.37. The maximum atomic E-state index is 12.2. The molecule has 1 aromatic rings. The van der Waals surface area contributed by atoms with Crippen LogP contribution in [-0.4, -0.2) is 54.4 Å². The molecule has 0 aromatic carbocycles. The number of ether oxygens (including phenoxy) is 2. The van der Waals surface area contributed by atoms with Gasteiger partial charge in [0.25, 0.3) is 0 Å². The van der Waals surface area contributed by atoms with Crippen LogP contribution in [0, 0.1) is 6.92 Å². The van der Waals surface area contributed by atoms with Gasteiger partial charge in [0.2, 0.25) is 10.0 Å². The Morgan fingerprint density at radius 3 is 2.88 bits per heavy atom. The summed E-state index contributed by atoms with van der Waals surface area (Å²) in [5.41, 5.74) is 1.90. The molecule has 3 rings (SSSR count). The van der Waals surface area contributed by atoms with Crippen molar-refractivity contribution in [2.24, 2.45) is 0 Å². The molecule has 0 N–H and O–H groups in total. The number of pyridine rings is 1. The number of aromatic nitrogens is 1. The Kier molecular flexibility index (Phi) is 4.97. The fourth-order valence-electron chi connectivity index (χ4n) is 3.28. The zero-order valence-corrected chi connectivity index (χ0v) is 15.4. The van der Waals surface area contributed by atoms with Gasteiger partial charge in [-0.25, -0.2) is 8.42 Å². The van der Waals surface area contributed by atoms with Gasteiger partial charge in [0.15, 0.2) is 0 Å². The fraction of sp³-hybridized carbons (Fsp3) is 0.706. The van der Waals surface area contributed by atoms with Crippen LogP contribution in [-0.2, 0) is 26.1 Å². The highest BCUT2D eigenvalue weighted by molar-refractivity contribution is 7.89. The minimum atomic E-state index is -3.19. The lowest BCUT2D eigenvalue weighted by molar-refractivity contribution is -0.180. The molecule has 6 nitrogen and oxygen atoms in total. The SMILES string of the molecule is Cc1ccncc1COC1CCOC2(C1)CN(S(=O)(=O)C(C)C)C2. The van der Waals surface area contributed by atoms with Crippen molar-refractivity contribution in [2.45, 2.75) is 57.2 Å². The van der Waals surface area contributed by atoms with Crippen LogP contribution in [0.15, 0.2) is 18.5 Å². The topological polar surface area (TPSA) is 68.7 Å². The van der Waals surface area contributed by atoms with Crippen molar-refractivity contribution < 1.29 is 17.9 Å². The lowest BCUT2D eigenvalue weighted by Crippen LogP contribution is -2.67. The van der Waals surface area contributed by atoms with Crippen molar-refractivity contribution in [3.05, 3.63) is 29.6 Å². The van der Waals surface area contributed by atoms with E-state index in [0.29, 0.717) is 26.3 Å². The third kappa shape index (κ3) is 3.49. The summed E-state index contributed by atoms with van der Waals surface area (Å²) >= 11 is 0. The Hall–Kier alpha value is -1.02. The minimum absolute atomic E-state index is 0.0993. The number of nitrogens with zero attached hydrogens (tertiary/aromatic N) is 2. The van der Waals surface area contributed by atoms with Gasteiger partial charge in [-0.15, -0.1) is 0 Å². The predicted octanol–water partition coefficient (Wildman–Crippen LogP) is 1.88. The zero-order valence-electron chi connectivity index (χ0n) is 14.6. The van der Waals surface area contributed by atoms with Crippen molar-refractivity contribution in [3.8, 4) is 0 Å². The van der Waals surface area contributed by atoms with Crippen LogP contribution in [0.2, 0.25) is 0 Å². The molecule has 1 unspecified atom stereocenters. The van der Waals surface area contributed by atoms with Crippen molar-refractivity contribution in [1.82, 2.24) is 9.29 Å². The van der Waals surface area contributed by atoms with Gasteiger partial charge in [-0.05, 0) is 44.4 Å². The third-order valence-electron chi connectivity index (χ3n) is 4.95. The Bertz CT molecular complexity index is 684. The van der Waals surface area contributed by atoms with E-state index in [9.17, 15) is 8.42 Å². The Labute approximate surface area is 144 Å². The van der Waals surface area contributed by atoms with E-state index in [1.165, 1.54) is 9.87 Å². The van der Waals surface area contributed by atoms with Gasteiger partial charge in [-0.2, -0.15) is 4.31 Å². The maximum absolute atomic E-state index is 12.2. The summed E-state index contributed by atoms with van der Waals surface area (Å²) in [6, 6.07) is 1.98. The van der Waals surface area contributed by atoms with Crippen LogP contribution in [0.5, 0.6) is 0 Å². The molecule has 0 aliphatic carbocycles. The normalized spacial score (nSPS) is 24.2. The molecule has 0 amide bonds. The number of aryl methyl sites for hydroxylation is 1. The molecule has 24 heavy (non-hydrogen) atoms. The molecule has 2 saturated heterocycles. The quantitative estimate of drug-likeness (QED) is 0.807. The molecule has 3 heterocycles. The van der Waals surface area contributed by atoms with Crippen molar-refractivity contribution in [2.75, 3.05) is 19.7 Å². The second-order valence-corrected chi connectivity index (χ2v) is 9.61. The first kappa shape index (κ1) is 17.8. The zero-order chi connectivity index (χ0) is 17.4. The lowest BCUT2D eigenvalue weighted by atomic mass is 9.86. The van der Waals surface area contributed by atoms with Gasteiger partial charge in [-0.3, -0.25) is 4.98 Å². The second-order valence-electron chi connectivity index (χ2n) is 7.12. The Morgan fingerprint density at radius 2 is 2.21 bits per heavy atom. The Morgan fingerprint density at radius 1 is 1.46 bits per heavy atom. The summed E-state index contributed by atoms with van der Waals surface area (Å²) in [7, 11) is -3.19. The average Bonchev–Trinajstić information content (AvgIpc) is 2.52. The molecule has 2 fully saturated rings. The molecule has 2 aliphatic heterocycles. The van der Waals surface area contributed by atoms with Gasteiger partial charge in [-0.1, -0.05) is 0 Å². The molecule has 1 atom stereocenters. The third-order valence-corrected chi connectivity index (χ3v) is 7.12. The number of hydrogen-bond acceptors (Lipinski definition) is 5. The molecule has 0 saturated carbocycles. The number of rotatable bonds is 5. The van der Waals surface area contributed by atoms with E-state index in [0.717, 1.165) is 18.4 Å². The first-order chi connectivity index (χ1) is 11.3. The van der Waals surface area contributed by atoms with Gasteiger partial charge in [0, 0.05) is 38.5 Å². The predicted molar refractivity (Wildman–Crippen MR) is 91.1 cm³/mol. The van der Waals surface area contributed by atoms with Crippen LogP contribution in [0.25, 0.3) is 0 Å². The molecule has 2 aliphatic rings. The first-order valence-corrected chi connectivity index (χ1v) is 9.97. The fourth-order valence-corrected chi connectivity index (χ4v) is 4.70. The molecule has 0 bridgehead atoms. The van der Waals surface area contributed by atoms with E-state index in [1.807, 2.05) is 19.2 Å². The van der Waals surface area contributed by atoms with Gasteiger partial charge in [0.1, 0.15) is 0 Å². The number of hydrogen-bond donors (Lipinski definition) is 0. The van der Waals surface area contributed by atoms with Crippen LogP contribution < -0.4 is 0 Å². The standard InChI is InChI=1S/C17H26N2O4S/c1-13(2)24(20,21)19-11-17(12-19)8-16(5-7-23-17)22-10-15-9-18-6-4-14(15)3/h4,6,9,13,16H,5,7-8,10-12H2,1-3H3. The summed E-state index contributed by atoms with van der Waals surface area (Å²) in [6.07, 6.45) is 5.31. The molecule has 1 spiro atoms. The van der Waals surface area contributed by atoms with Crippen LogP contribution in [0.1, 0.15) is 37.8 Å². The Balaban J connectivity index is 1.56. The molecular formula is C17H26N2O4S. The average molecular weight is 354 g/mol. The van der Waals surface area contributed by atoms with Crippen molar-refractivity contribution >= 4 is 10.0 Å². The summed E-state index contributed by atoms with van der Waals surface area (Å²) in [5.74, 6) is 0. The van der Waals surface area contributed by atoms with Crippen molar-refractivity contribution in [3.63, 3.8) is 0 Å². The highest BCUT2D eigenvalue weighted by Gasteiger charge is 2.52. The van der Waals surface area contributed by atoms with Gasteiger partial charge >= 0.3 is 0 Å². The largest absolute Gasteiger partial charge is 0.373 e. The molecule has 7 heteroatoms. The van der Waals surface area contributed by atoms with Gasteiger partial charge < -0.3 is 9.47 Å². The van der Waals surface area contributed by atoms with E-state index in [4.69, 9.17) is 9.47 Å². The summed E-state index contributed by atoms with van der Waals surface area (Å²) < 4.78 is 37.9. The summed E-state index contributed by atoms with van der Waals surface area (Å²) in [5, 5.41) is -0.390. The van der Waals surface area contributed by atoms with E-state index in [2.05, 4.69) is 4.98 Å². The minimum Gasteiger partial charge on any atom is -0.373 e. The first-order valence-electron chi connectivity index (χ1n) is 8.46. The van der Waals surface area contributed by atoms with E-state index < -0.39 is 10.0 Å². The smallest absolute Gasteiger partial charge is 0.216 e. The molecule has 0 radical (unpaired) electrons. The lowest BCUT2D eigenvalue weighted by Gasteiger charge is -2.52. The number of sulfonamides is 1.